The van der Waals surface area contributed by atoms with E-state index in [0.717, 1.165) is 5.56 Å². The fraction of sp³-hybridized carbons (Fsp3) is 0.533. The van der Waals surface area contributed by atoms with Crippen molar-refractivity contribution < 1.29 is 14.5 Å². The van der Waals surface area contributed by atoms with Crippen molar-refractivity contribution in [3.63, 3.8) is 0 Å². The SMILES string of the molecule is CCOC(=O)C1C(CCl)C1(CC)c1cccc([N+](=O)[O-])c1. The molecule has 3 atom stereocenters. The fourth-order valence-corrected chi connectivity index (χ4v) is 3.79. The predicted octanol–water partition coefficient (Wildman–Crippen LogP) is 3.29. The number of alkyl halides is 1. The summed E-state index contributed by atoms with van der Waals surface area (Å²) in [6.07, 6.45) is 0.690. The Morgan fingerprint density at radius 3 is 2.71 bits per heavy atom. The van der Waals surface area contributed by atoms with Crippen LogP contribution in [0.1, 0.15) is 25.8 Å². The molecule has 1 aromatic rings. The molecule has 0 amide bonds. The Labute approximate surface area is 128 Å². The van der Waals surface area contributed by atoms with Gasteiger partial charge in [0, 0.05) is 23.4 Å². The first kappa shape index (κ1) is 15.8. The molecule has 3 unspecified atom stereocenters. The summed E-state index contributed by atoms with van der Waals surface area (Å²) in [7, 11) is 0. The lowest BCUT2D eigenvalue weighted by Gasteiger charge is -2.16. The largest absolute Gasteiger partial charge is 0.466 e. The number of nitro groups is 1. The summed E-state index contributed by atoms with van der Waals surface area (Å²) in [5.41, 5.74) is 0.381. The Kier molecular flexibility index (Phi) is 4.52. The first-order chi connectivity index (χ1) is 10.0. The van der Waals surface area contributed by atoms with Gasteiger partial charge >= 0.3 is 5.97 Å². The lowest BCUT2D eigenvalue weighted by molar-refractivity contribution is -0.384. The monoisotopic (exact) mass is 311 g/mol. The molecule has 5 nitrogen and oxygen atoms in total. The summed E-state index contributed by atoms with van der Waals surface area (Å²) >= 11 is 6.01. The van der Waals surface area contributed by atoms with E-state index < -0.39 is 10.3 Å². The maximum Gasteiger partial charge on any atom is 0.310 e. The van der Waals surface area contributed by atoms with Gasteiger partial charge in [-0.2, -0.15) is 0 Å². The highest BCUT2D eigenvalue weighted by molar-refractivity contribution is 6.18. The summed E-state index contributed by atoms with van der Waals surface area (Å²) in [6, 6.07) is 6.47. The van der Waals surface area contributed by atoms with Crippen molar-refractivity contribution >= 4 is 23.3 Å². The molecule has 2 rings (SSSR count). The molecule has 0 heterocycles. The first-order valence-corrected chi connectivity index (χ1v) is 7.53. The molecule has 0 N–H and O–H groups in total. The normalized spacial score (nSPS) is 27.2. The number of nitro benzene ring substituents is 1. The molecular formula is C15H18ClNO4. The Hall–Kier alpha value is -1.62. The maximum atomic E-state index is 12.1. The van der Waals surface area contributed by atoms with E-state index in [1.165, 1.54) is 6.07 Å². The highest BCUT2D eigenvalue weighted by Crippen LogP contribution is 2.63. The van der Waals surface area contributed by atoms with Crippen LogP contribution in [0.2, 0.25) is 0 Å². The van der Waals surface area contributed by atoms with Gasteiger partial charge in [0.2, 0.25) is 0 Å². The second-order valence-electron chi connectivity index (χ2n) is 5.19. The highest BCUT2D eigenvalue weighted by Gasteiger charge is 2.68. The minimum Gasteiger partial charge on any atom is -0.466 e. The summed E-state index contributed by atoms with van der Waals surface area (Å²) in [5.74, 6) is -0.288. The van der Waals surface area contributed by atoms with E-state index in [2.05, 4.69) is 0 Å². The van der Waals surface area contributed by atoms with E-state index in [4.69, 9.17) is 16.3 Å². The van der Waals surface area contributed by atoms with Gasteiger partial charge in [-0.05, 0) is 24.8 Å². The van der Waals surface area contributed by atoms with Crippen molar-refractivity contribution in [2.24, 2.45) is 11.8 Å². The van der Waals surface area contributed by atoms with Crippen LogP contribution in [0.3, 0.4) is 0 Å². The van der Waals surface area contributed by atoms with Crippen molar-refractivity contribution in [2.45, 2.75) is 25.7 Å². The number of carbonyl (C=O) groups is 1. The second kappa shape index (κ2) is 6.02. The number of carbonyl (C=O) groups excluding carboxylic acids is 1. The van der Waals surface area contributed by atoms with Crippen LogP contribution >= 0.6 is 11.6 Å². The molecule has 0 radical (unpaired) electrons. The third-order valence-electron chi connectivity index (χ3n) is 4.40. The van der Waals surface area contributed by atoms with Crippen molar-refractivity contribution in [1.82, 2.24) is 0 Å². The molecule has 1 aliphatic rings. The summed E-state index contributed by atoms with van der Waals surface area (Å²) in [6.45, 7) is 4.05. The van der Waals surface area contributed by atoms with Gasteiger partial charge in [0.25, 0.3) is 5.69 Å². The zero-order valence-corrected chi connectivity index (χ0v) is 12.8. The van der Waals surface area contributed by atoms with Gasteiger partial charge < -0.3 is 4.74 Å². The molecule has 1 aliphatic carbocycles. The molecule has 0 aliphatic heterocycles. The van der Waals surface area contributed by atoms with Gasteiger partial charge in [0.05, 0.1) is 17.4 Å². The number of hydrogen-bond donors (Lipinski definition) is 0. The van der Waals surface area contributed by atoms with Gasteiger partial charge in [-0.15, -0.1) is 11.6 Å². The van der Waals surface area contributed by atoms with Crippen LogP contribution in [-0.2, 0) is 14.9 Å². The van der Waals surface area contributed by atoms with Crippen molar-refractivity contribution in [2.75, 3.05) is 12.5 Å². The van der Waals surface area contributed by atoms with Crippen LogP contribution in [-0.4, -0.2) is 23.4 Å². The van der Waals surface area contributed by atoms with Gasteiger partial charge in [-0.3, -0.25) is 14.9 Å². The molecule has 21 heavy (non-hydrogen) atoms. The fourth-order valence-electron chi connectivity index (χ4n) is 3.34. The molecule has 6 heteroatoms. The summed E-state index contributed by atoms with van der Waals surface area (Å²) in [5, 5.41) is 10.9. The zero-order valence-electron chi connectivity index (χ0n) is 12.0. The van der Waals surface area contributed by atoms with Crippen molar-refractivity contribution in [1.29, 1.82) is 0 Å². The molecule has 0 bridgehead atoms. The van der Waals surface area contributed by atoms with Crippen LogP contribution in [0.5, 0.6) is 0 Å². The molecule has 114 valence electrons. The Morgan fingerprint density at radius 1 is 1.48 bits per heavy atom. The Bertz CT molecular complexity index is 562. The van der Waals surface area contributed by atoms with E-state index >= 15 is 0 Å². The number of ether oxygens (including phenoxy) is 1. The predicted molar refractivity (Wildman–Crippen MR) is 79.4 cm³/mol. The van der Waals surface area contributed by atoms with Gasteiger partial charge in [-0.1, -0.05) is 19.1 Å². The van der Waals surface area contributed by atoms with E-state index in [0.29, 0.717) is 18.9 Å². The molecule has 1 saturated carbocycles. The van der Waals surface area contributed by atoms with Crippen molar-refractivity contribution in [3.05, 3.63) is 39.9 Å². The minimum atomic E-state index is -0.444. The van der Waals surface area contributed by atoms with E-state index in [-0.39, 0.29) is 23.5 Å². The number of nitrogens with zero attached hydrogens (tertiary/aromatic N) is 1. The second-order valence-corrected chi connectivity index (χ2v) is 5.50. The standard InChI is InChI=1S/C15H18ClNO4/c1-3-15(10-6-5-7-11(8-10)17(19)20)12(9-16)13(15)14(18)21-4-2/h5-8,12-13H,3-4,9H2,1-2H3. The van der Waals surface area contributed by atoms with Gasteiger partial charge in [0.15, 0.2) is 0 Å². The topological polar surface area (TPSA) is 69.4 Å². The van der Waals surface area contributed by atoms with Crippen LogP contribution < -0.4 is 0 Å². The van der Waals surface area contributed by atoms with Crippen LogP contribution in [0.15, 0.2) is 24.3 Å². The molecule has 0 aromatic heterocycles. The Morgan fingerprint density at radius 2 is 2.19 bits per heavy atom. The number of halogens is 1. The van der Waals surface area contributed by atoms with Crippen LogP contribution in [0.25, 0.3) is 0 Å². The minimum absolute atomic E-state index is 0.0307. The zero-order chi connectivity index (χ0) is 15.6. The van der Waals surface area contributed by atoms with Gasteiger partial charge in [0.1, 0.15) is 0 Å². The number of esters is 1. The number of non-ortho nitro benzene ring substituents is 1. The number of rotatable bonds is 6. The molecule has 0 spiro atoms. The smallest absolute Gasteiger partial charge is 0.310 e. The van der Waals surface area contributed by atoms with Crippen LogP contribution in [0, 0.1) is 22.0 Å². The molecule has 1 aromatic carbocycles. The first-order valence-electron chi connectivity index (χ1n) is 7.00. The lowest BCUT2D eigenvalue weighted by Crippen LogP contribution is -2.17. The summed E-state index contributed by atoms with van der Waals surface area (Å²) < 4.78 is 5.12. The lowest BCUT2D eigenvalue weighted by atomic mass is 9.88. The Balaban J connectivity index is 2.40. The number of hydrogen-bond acceptors (Lipinski definition) is 4. The van der Waals surface area contributed by atoms with E-state index in [1.807, 2.05) is 13.0 Å². The molecule has 1 fully saturated rings. The quantitative estimate of drug-likeness (QED) is 0.350. The average Bonchev–Trinajstić information content (AvgIpc) is 3.17. The third-order valence-corrected chi connectivity index (χ3v) is 4.73. The van der Waals surface area contributed by atoms with E-state index in [1.54, 1.807) is 19.1 Å². The molecular weight excluding hydrogens is 294 g/mol. The third kappa shape index (κ3) is 2.50. The van der Waals surface area contributed by atoms with Crippen LogP contribution in [0.4, 0.5) is 5.69 Å². The number of benzene rings is 1. The molecule has 0 saturated heterocycles. The van der Waals surface area contributed by atoms with E-state index in [9.17, 15) is 14.9 Å². The maximum absolute atomic E-state index is 12.1. The highest BCUT2D eigenvalue weighted by atomic mass is 35.5. The summed E-state index contributed by atoms with van der Waals surface area (Å²) in [4.78, 5) is 22.6. The van der Waals surface area contributed by atoms with Crippen molar-refractivity contribution in [3.8, 4) is 0 Å². The van der Waals surface area contributed by atoms with Gasteiger partial charge in [-0.25, -0.2) is 0 Å². The average molecular weight is 312 g/mol.